The number of methoxy groups -OCH3 is 2. The van der Waals surface area contributed by atoms with Gasteiger partial charge in [0.05, 0.1) is 37.4 Å². The Morgan fingerprint density at radius 1 is 1.10 bits per heavy atom. The molecule has 8 heteroatoms. The molecule has 0 bridgehead atoms. The maximum Gasteiger partial charge on any atom is 0.259 e. The first-order valence-electron chi connectivity index (χ1n) is 10.2. The highest BCUT2D eigenvalue weighted by Gasteiger charge is 2.27. The monoisotopic (exact) mass is 440 g/mol. The Morgan fingerprint density at radius 2 is 1.81 bits per heavy atom. The Balaban J connectivity index is 1.68. The fourth-order valence-electron chi connectivity index (χ4n) is 3.92. The van der Waals surface area contributed by atoms with E-state index < -0.39 is 0 Å². The van der Waals surface area contributed by atoms with Crippen LogP contribution in [0.4, 0.5) is 5.69 Å². The lowest BCUT2D eigenvalue weighted by atomic mass is 9.91. The molecule has 0 unspecified atom stereocenters. The molecule has 4 rings (SSSR count). The molecule has 31 heavy (non-hydrogen) atoms. The molecule has 0 saturated carbocycles. The largest absolute Gasteiger partial charge is 0.493 e. The summed E-state index contributed by atoms with van der Waals surface area (Å²) in [5.41, 5.74) is 2.99. The van der Waals surface area contributed by atoms with Crippen molar-refractivity contribution in [1.82, 2.24) is 15.1 Å². The van der Waals surface area contributed by atoms with Crippen molar-refractivity contribution in [1.29, 1.82) is 0 Å². The Bertz CT molecular complexity index is 1060. The zero-order valence-corrected chi connectivity index (χ0v) is 18.3. The van der Waals surface area contributed by atoms with Gasteiger partial charge in [0.1, 0.15) is 0 Å². The third-order valence-corrected chi connectivity index (χ3v) is 5.74. The minimum Gasteiger partial charge on any atom is -0.493 e. The number of nitrogens with one attached hydrogen (secondary N) is 2. The van der Waals surface area contributed by atoms with E-state index in [4.69, 9.17) is 21.1 Å². The lowest BCUT2D eigenvalue weighted by Crippen LogP contribution is -2.29. The van der Waals surface area contributed by atoms with E-state index in [0.29, 0.717) is 27.8 Å². The van der Waals surface area contributed by atoms with Crippen LogP contribution in [0.5, 0.6) is 11.5 Å². The molecule has 1 aliphatic rings. The number of benzene rings is 2. The molecule has 0 spiro atoms. The van der Waals surface area contributed by atoms with Gasteiger partial charge in [0.25, 0.3) is 5.91 Å². The third kappa shape index (κ3) is 4.52. The number of rotatable bonds is 6. The van der Waals surface area contributed by atoms with Crippen LogP contribution in [0.25, 0.3) is 5.69 Å². The molecule has 3 aromatic rings. The van der Waals surface area contributed by atoms with Crippen LogP contribution in [0.3, 0.4) is 0 Å². The van der Waals surface area contributed by atoms with Crippen molar-refractivity contribution in [3.8, 4) is 17.2 Å². The summed E-state index contributed by atoms with van der Waals surface area (Å²) in [4.78, 5) is 13.3. The smallest absolute Gasteiger partial charge is 0.259 e. The van der Waals surface area contributed by atoms with Gasteiger partial charge in [0, 0.05) is 22.7 Å². The van der Waals surface area contributed by atoms with E-state index in [2.05, 4.69) is 15.7 Å². The molecule has 0 radical (unpaired) electrons. The fourth-order valence-corrected chi connectivity index (χ4v) is 4.05. The van der Waals surface area contributed by atoms with E-state index in [1.807, 2.05) is 28.9 Å². The number of hydrogen-bond donors (Lipinski definition) is 2. The fraction of sp³-hybridized carbons (Fsp3) is 0.304. The lowest BCUT2D eigenvalue weighted by Gasteiger charge is -2.24. The zero-order valence-electron chi connectivity index (χ0n) is 17.5. The second-order valence-corrected chi connectivity index (χ2v) is 7.82. The summed E-state index contributed by atoms with van der Waals surface area (Å²) >= 11 is 6.06. The summed E-state index contributed by atoms with van der Waals surface area (Å²) < 4.78 is 12.5. The van der Waals surface area contributed by atoms with Gasteiger partial charge in [-0.1, -0.05) is 11.6 Å². The first kappa shape index (κ1) is 21.2. The van der Waals surface area contributed by atoms with Crippen molar-refractivity contribution < 1.29 is 14.3 Å². The highest BCUT2D eigenvalue weighted by Crippen LogP contribution is 2.33. The number of anilines is 1. The summed E-state index contributed by atoms with van der Waals surface area (Å²) in [6.45, 7) is 1.82. The normalized spacial score (nSPS) is 14.3. The number of hydrogen-bond acceptors (Lipinski definition) is 5. The van der Waals surface area contributed by atoms with Gasteiger partial charge >= 0.3 is 0 Å². The van der Waals surface area contributed by atoms with E-state index in [1.54, 1.807) is 38.6 Å². The molecule has 2 aromatic carbocycles. The van der Waals surface area contributed by atoms with Crippen molar-refractivity contribution in [2.24, 2.45) is 0 Å². The second-order valence-electron chi connectivity index (χ2n) is 7.38. The van der Waals surface area contributed by atoms with Crippen molar-refractivity contribution >= 4 is 23.2 Å². The highest BCUT2D eigenvalue weighted by atomic mass is 35.5. The summed E-state index contributed by atoms with van der Waals surface area (Å²) in [6, 6.07) is 12.8. The average Bonchev–Trinajstić information content (AvgIpc) is 3.25. The molecular weight excluding hydrogens is 416 g/mol. The van der Waals surface area contributed by atoms with Crippen molar-refractivity contribution in [2.75, 3.05) is 32.6 Å². The summed E-state index contributed by atoms with van der Waals surface area (Å²) in [7, 11) is 3.14. The number of carbonyl (C=O) groups is 1. The molecule has 162 valence electrons. The third-order valence-electron chi connectivity index (χ3n) is 5.49. The SMILES string of the molecule is COc1ccc(NC(=O)c2cnn(-c3ccc(Cl)cc3)c2C2CCNCC2)cc1OC. The predicted molar refractivity (Wildman–Crippen MR) is 121 cm³/mol. The van der Waals surface area contributed by atoms with Gasteiger partial charge in [-0.2, -0.15) is 5.10 Å². The number of nitrogens with zero attached hydrogens (tertiary/aromatic N) is 2. The topological polar surface area (TPSA) is 77.4 Å². The van der Waals surface area contributed by atoms with E-state index >= 15 is 0 Å². The zero-order chi connectivity index (χ0) is 21.8. The van der Waals surface area contributed by atoms with E-state index in [9.17, 15) is 4.79 Å². The quantitative estimate of drug-likeness (QED) is 0.598. The molecule has 2 heterocycles. The summed E-state index contributed by atoms with van der Waals surface area (Å²) in [5.74, 6) is 1.17. The first-order chi connectivity index (χ1) is 15.1. The summed E-state index contributed by atoms with van der Waals surface area (Å²) in [5, 5.41) is 11.6. The lowest BCUT2D eigenvalue weighted by molar-refractivity contribution is 0.102. The molecule has 2 N–H and O–H groups in total. The van der Waals surface area contributed by atoms with Gasteiger partial charge in [-0.15, -0.1) is 0 Å². The van der Waals surface area contributed by atoms with Crippen LogP contribution in [0.2, 0.25) is 5.02 Å². The van der Waals surface area contributed by atoms with E-state index in [0.717, 1.165) is 37.3 Å². The maximum absolute atomic E-state index is 13.3. The molecule has 1 aliphatic heterocycles. The van der Waals surface area contributed by atoms with Crippen LogP contribution in [0.1, 0.15) is 34.8 Å². The molecule has 1 aromatic heterocycles. The standard InChI is InChI=1S/C23H25ClN4O3/c1-30-20-8-5-17(13-21(20)31-2)27-23(29)19-14-26-28(18-6-3-16(24)4-7-18)22(19)15-9-11-25-12-10-15/h3-8,13-15,25H,9-12H2,1-2H3,(H,27,29). The van der Waals surface area contributed by atoms with Crippen molar-refractivity contribution in [3.63, 3.8) is 0 Å². The Hall–Kier alpha value is -3.03. The number of amides is 1. The van der Waals surface area contributed by atoms with Crippen molar-refractivity contribution in [3.05, 3.63) is 64.9 Å². The van der Waals surface area contributed by atoms with Gasteiger partial charge in [0.2, 0.25) is 0 Å². The predicted octanol–water partition coefficient (Wildman–Crippen LogP) is 4.26. The molecule has 0 atom stereocenters. The number of carbonyl (C=O) groups excluding carboxylic acids is 1. The average molecular weight is 441 g/mol. The van der Waals surface area contributed by atoms with Crippen molar-refractivity contribution in [2.45, 2.75) is 18.8 Å². The first-order valence-corrected chi connectivity index (χ1v) is 10.6. The molecule has 0 aliphatic carbocycles. The Kier molecular flexibility index (Phi) is 6.44. The molecule has 1 amide bonds. The minimum atomic E-state index is -0.207. The van der Waals surface area contributed by atoms with Crippen LogP contribution in [0, 0.1) is 0 Å². The van der Waals surface area contributed by atoms with Gasteiger partial charge in [0.15, 0.2) is 11.5 Å². The van der Waals surface area contributed by atoms with Crippen LogP contribution in [-0.2, 0) is 0 Å². The highest BCUT2D eigenvalue weighted by molar-refractivity contribution is 6.30. The second kappa shape index (κ2) is 9.41. The van der Waals surface area contributed by atoms with Gasteiger partial charge in [-0.05, 0) is 62.3 Å². The molecule has 7 nitrogen and oxygen atoms in total. The summed E-state index contributed by atoms with van der Waals surface area (Å²) in [6.07, 6.45) is 3.52. The van der Waals surface area contributed by atoms with Crippen LogP contribution < -0.4 is 20.1 Å². The van der Waals surface area contributed by atoms with Crippen LogP contribution >= 0.6 is 11.6 Å². The number of ether oxygens (including phenoxy) is 2. The number of halogens is 1. The van der Waals surface area contributed by atoms with Crippen LogP contribution in [-0.4, -0.2) is 43.0 Å². The van der Waals surface area contributed by atoms with Gasteiger partial charge in [-0.25, -0.2) is 4.68 Å². The molecular formula is C23H25ClN4O3. The van der Waals surface area contributed by atoms with E-state index in [-0.39, 0.29) is 11.8 Å². The van der Waals surface area contributed by atoms with E-state index in [1.165, 1.54) is 0 Å². The Morgan fingerprint density at radius 3 is 2.48 bits per heavy atom. The maximum atomic E-state index is 13.3. The number of piperidine rings is 1. The number of aromatic nitrogens is 2. The molecule has 1 saturated heterocycles. The van der Waals surface area contributed by atoms with Gasteiger partial charge in [-0.3, -0.25) is 4.79 Å². The van der Waals surface area contributed by atoms with Gasteiger partial charge < -0.3 is 20.1 Å². The molecule has 1 fully saturated rings. The Labute approximate surface area is 186 Å². The minimum absolute atomic E-state index is 0.207. The van der Waals surface area contributed by atoms with Crippen LogP contribution in [0.15, 0.2) is 48.7 Å².